The Kier molecular flexibility index (Phi) is 4.97. The molecule has 0 saturated heterocycles. The van der Waals surface area contributed by atoms with Crippen LogP contribution in [0.4, 0.5) is 0 Å². The van der Waals surface area contributed by atoms with Gasteiger partial charge in [-0.25, -0.2) is 0 Å². The van der Waals surface area contributed by atoms with Crippen LogP contribution in [0.2, 0.25) is 0 Å². The van der Waals surface area contributed by atoms with Gasteiger partial charge in [-0.2, -0.15) is 5.26 Å². The fraction of sp³-hybridized carbons (Fsp3) is 0.368. The first-order chi connectivity index (χ1) is 12.4. The molecular weight excluding hydrogens is 400 g/mol. The molecule has 1 aliphatic heterocycles. The van der Waals surface area contributed by atoms with Gasteiger partial charge in [0.25, 0.3) is 0 Å². The van der Waals surface area contributed by atoms with Gasteiger partial charge in [0.05, 0.1) is 24.6 Å². The van der Waals surface area contributed by atoms with E-state index in [1.54, 1.807) is 19.2 Å². The number of ketones is 1. The number of ether oxygens (including phenoxy) is 3. The van der Waals surface area contributed by atoms with Gasteiger partial charge in [-0.3, -0.25) is 4.79 Å². The first kappa shape index (κ1) is 18.3. The van der Waals surface area contributed by atoms with Crippen LogP contribution >= 0.6 is 15.9 Å². The Labute approximate surface area is 160 Å². The maximum Gasteiger partial charge on any atom is 0.205 e. The molecule has 2 N–H and O–H groups in total. The van der Waals surface area contributed by atoms with Crippen molar-refractivity contribution in [2.45, 2.75) is 25.7 Å². The Bertz CT molecular complexity index is 882. The molecule has 0 fully saturated rings. The number of nitrogens with two attached hydrogens (primary N) is 1. The molecule has 2 atom stereocenters. The third kappa shape index (κ3) is 2.95. The van der Waals surface area contributed by atoms with Crippen LogP contribution in [0.1, 0.15) is 31.2 Å². The first-order valence-electron chi connectivity index (χ1n) is 8.16. The highest BCUT2D eigenvalue weighted by Gasteiger charge is 2.41. The summed E-state index contributed by atoms with van der Waals surface area (Å²) in [4.78, 5) is 12.8. The summed E-state index contributed by atoms with van der Waals surface area (Å²) >= 11 is 3.46. The van der Waals surface area contributed by atoms with Crippen LogP contribution < -0.4 is 15.2 Å². The second kappa shape index (κ2) is 7.04. The molecular formula is C19H19BrN2O4. The van der Waals surface area contributed by atoms with Crippen LogP contribution in [0.3, 0.4) is 0 Å². The number of rotatable bonds is 3. The first-order valence-corrected chi connectivity index (χ1v) is 8.95. The predicted octanol–water partition coefficient (Wildman–Crippen LogP) is 3.53. The van der Waals surface area contributed by atoms with Gasteiger partial charge in [0.15, 0.2) is 5.78 Å². The van der Waals surface area contributed by atoms with E-state index in [-0.39, 0.29) is 23.2 Å². The standard InChI is InChI=1S/C19H19BrN2O4/c1-9-4-13(23)18-16(5-9)26-19(22)11(8-21)17(18)10-6-12(20)15(25-3)7-14(10)24-2/h6-7,9,17H,4-5,22H2,1-3H3/t9-,17+/m1/s1. The van der Waals surface area contributed by atoms with E-state index in [1.807, 2.05) is 6.92 Å². The molecule has 1 aromatic rings. The van der Waals surface area contributed by atoms with Crippen LogP contribution in [0.15, 0.2) is 39.4 Å². The van der Waals surface area contributed by atoms with E-state index in [0.29, 0.717) is 45.7 Å². The predicted molar refractivity (Wildman–Crippen MR) is 98.3 cm³/mol. The number of allylic oxidation sites excluding steroid dienone is 3. The van der Waals surface area contributed by atoms with Gasteiger partial charge in [0.1, 0.15) is 28.9 Å². The van der Waals surface area contributed by atoms with Gasteiger partial charge in [-0.05, 0) is 27.9 Å². The summed E-state index contributed by atoms with van der Waals surface area (Å²) in [5, 5.41) is 9.68. The lowest BCUT2D eigenvalue weighted by molar-refractivity contribution is -0.117. The summed E-state index contributed by atoms with van der Waals surface area (Å²) < 4.78 is 17.2. The monoisotopic (exact) mass is 418 g/mol. The number of Topliss-reactive ketones (excluding diaryl/α,β-unsaturated/α-hetero) is 1. The van der Waals surface area contributed by atoms with Crippen molar-refractivity contribution in [3.8, 4) is 17.6 Å². The van der Waals surface area contributed by atoms with Gasteiger partial charge in [-0.15, -0.1) is 0 Å². The van der Waals surface area contributed by atoms with E-state index in [1.165, 1.54) is 7.11 Å². The quantitative estimate of drug-likeness (QED) is 0.806. The summed E-state index contributed by atoms with van der Waals surface area (Å²) in [6.07, 6.45) is 1.02. The van der Waals surface area contributed by atoms with Crippen molar-refractivity contribution in [2.75, 3.05) is 14.2 Å². The average molecular weight is 419 g/mol. The Morgan fingerprint density at radius 2 is 1.96 bits per heavy atom. The van der Waals surface area contributed by atoms with Crippen LogP contribution in [0.25, 0.3) is 0 Å². The molecule has 0 aromatic heterocycles. The zero-order valence-corrected chi connectivity index (χ0v) is 16.3. The molecule has 1 aromatic carbocycles. The number of nitriles is 1. The van der Waals surface area contributed by atoms with E-state index in [0.717, 1.165) is 0 Å². The van der Waals surface area contributed by atoms with E-state index >= 15 is 0 Å². The summed E-state index contributed by atoms with van der Waals surface area (Å²) in [7, 11) is 3.09. The normalized spacial score (nSPS) is 22.5. The second-order valence-electron chi connectivity index (χ2n) is 6.43. The average Bonchev–Trinajstić information content (AvgIpc) is 2.60. The Morgan fingerprint density at radius 1 is 1.27 bits per heavy atom. The minimum absolute atomic E-state index is 0.0296. The number of benzene rings is 1. The molecule has 0 unspecified atom stereocenters. The molecule has 2 aliphatic rings. The minimum Gasteiger partial charge on any atom is -0.496 e. The third-order valence-corrected chi connectivity index (χ3v) is 5.30. The smallest absolute Gasteiger partial charge is 0.205 e. The second-order valence-corrected chi connectivity index (χ2v) is 7.28. The van der Waals surface area contributed by atoms with Crippen molar-refractivity contribution in [1.29, 1.82) is 5.26 Å². The summed E-state index contributed by atoms with van der Waals surface area (Å²) in [5.41, 5.74) is 7.38. The van der Waals surface area contributed by atoms with Crippen LogP contribution in [0, 0.1) is 17.2 Å². The lowest BCUT2D eigenvalue weighted by Crippen LogP contribution is -2.30. The molecule has 3 rings (SSSR count). The third-order valence-electron chi connectivity index (χ3n) is 4.68. The molecule has 0 bridgehead atoms. The van der Waals surface area contributed by atoms with Gasteiger partial charge >= 0.3 is 0 Å². The lowest BCUT2D eigenvalue weighted by Gasteiger charge is -2.33. The number of hydrogen-bond acceptors (Lipinski definition) is 6. The highest BCUT2D eigenvalue weighted by molar-refractivity contribution is 9.10. The van der Waals surface area contributed by atoms with Crippen LogP contribution in [-0.4, -0.2) is 20.0 Å². The van der Waals surface area contributed by atoms with E-state index in [2.05, 4.69) is 22.0 Å². The Hall–Kier alpha value is -2.46. The van der Waals surface area contributed by atoms with Crippen LogP contribution in [0.5, 0.6) is 11.5 Å². The molecule has 0 spiro atoms. The SMILES string of the molecule is COc1cc(OC)c([C@H]2C(C#N)=C(N)OC3=C2C(=O)C[C@@H](C)C3)cc1Br. The number of nitrogens with zero attached hydrogens (tertiary/aromatic N) is 1. The molecule has 1 heterocycles. The largest absolute Gasteiger partial charge is 0.496 e. The highest BCUT2D eigenvalue weighted by Crippen LogP contribution is 2.48. The van der Waals surface area contributed by atoms with Gasteiger partial charge in [-0.1, -0.05) is 6.92 Å². The van der Waals surface area contributed by atoms with Crippen molar-refractivity contribution in [3.05, 3.63) is 45.0 Å². The van der Waals surface area contributed by atoms with E-state index < -0.39 is 5.92 Å². The molecule has 136 valence electrons. The van der Waals surface area contributed by atoms with Gasteiger partial charge < -0.3 is 19.9 Å². The fourth-order valence-electron chi connectivity index (χ4n) is 3.51. The Morgan fingerprint density at radius 3 is 2.58 bits per heavy atom. The van der Waals surface area contributed by atoms with Gasteiger partial charge in [0.2, 0.25) is 5.88 Å². The van der Waals surface area contributed by atoms with Crippen molar-refractivity contribution in [1.82, 2.24) is 0 Å². The summed E-state index contributed by atoms with van der Waals surface area (Å²) in [6.45, 7) is 1.99. The summed E-state index contributed by atoms with van der Waals surface area (Å²) in [5.74, 6) is 1.19. The zero-order valence-electron chi connectivity index (χ0n) is 14.8. The molecule has 1 aliphatic carbocycles. The van der Waals surface area contributed by atoms with Crippen molar-refractivity contribution < 1.29 is 19.0 Å². The fourth-order valence-corrected chi connectivity index (χ4v) is 4.04. The van der Waals surface area contributed by atoms with Crippen molar-refractivity contribution >= 4 is 21.7 Å². The van der Waals surface area contributed by atoms with E-state index in [9.17, 15) is 10.1 Å². The number of hydrogen-bond donors (Lipinski definition) is 1. The summed E-state index contributed by atoms with van der Waals surface area (Å²) in [6, 6.07) is 5.63. The number of carbonyl (C=O) groups is 1. The molecule has 26 heavy (non-hydrogen) atoms. The van der Waals surface area contributed by atoms with Gasteiger partial charge in [0, 0.05) is 30.0 Å². The molecule has 0 amide bonds. The maximum absolute atomic E-state index is 12.8. The van der Waals surface area contributed by atoms with Crippen LogP contribution in [-0.2, 0) is 9.53 Å². The molecule has 0 saturated carbocycles. The lowest BCUT2D eigenvalue weighted by atomic mass is 9.75. The Balaban J connectivity index is 2.26. The highest BCUT2D eigenvalue weighted by atomic mass is 79.9. The van der Waals surface area contributed by atoms with Crippen molar-refractivity contribution in [2.24, 2.45) is 11.7 Å². The topological polar surface area (TPSA) is 94.6 Å². The number of methoxy groups -OCH3 is 2. The zero-order chi connectivity index (χ0) is 19.0. The number of halogens is 1. The molecule has 7 heteroatoms. The molecule has 0 radical (unpaired) electrons. The molecule has 6 nitrogen and oxygen atoms in total. The minimum atomic E-state index is -0.624. The van der Waals surface area contributed by atoms with E-state index in [4.69, 9.17) is 19.9 Å². The maximum atomic E-state index is 12.8. The van der Waals surface area contributed by atoms with Crippen molar-refractivity contribution in [3.63, 3.8) is 0 Å². The number of carbonyl (C=O) groups excluding carboxylic acids is 1.